The average molecular weight is 351 g/mol. The van der Waals surface area contributed by atoms with Crippen molar-refractivity contribution in [2.24, 2.45) is 0 Å². The van der Waals surface area contributed by atoms with Crippen molar-refractivity contribution in [2.45, 2.75) is 32.4 Å². The monoisotopic (exact) mass is 351 g/mol. The van der Waals surface area contributed by atoms with Gasteiger partial charge in [-0.2, -0.15) is 0 Å². The number of benzene rings is 2. The molecule has 26 heavy (non-hydrogen) atoms. The third kappa shape index (κ3) is 3.35. The number of nitrogens with one attached hydrogen (secondary N) is 1. The standard InChI is InChI=1S/C21H25N3O2/c1-4-21(18-8-6-5-7-9-18)19(25)24(20(26)22-21)15-23(3)14-17-12-10-16(2)11-13-17/h5-13H,4,14-15H2,1-3H3,(H,22,26)/t21-/m0/s1. The highest BCUT2D eigenvalue weighted by Crippen LogP contribution is 2.32. The summed E-state index contributed by atoms with van der Waals surface area (Å²) in [5, 5.41) is 2.92. The lowest BCUT2D eigenvalue weighted by atomic mass is 9.87. The molecule has 0 unspecified atom stereocenters. The van der Waals surface area contributed by atoms with Crippen LogP contribution in [0.2, 0.25) is 0 Å². The van der Waals surface area contributed by atoms with E-state index in [1.165, 1.54) is 10.5 Å². The Bertz CT molecular complexity index is 789. The first-order valence-corrected chi connectivity index (χ1v) is 8.90. The van der Waals surface area contributed by atoms with Gasteiger partial charge in [-0.25, -0.2) is 9.69 Å². The van der Waals surface area contributed by atoms with E-state index in [9.17, 15) is 9.59 Å². The van der Waals surface area contributed by atoms with Crippen LogP contribution >= 0.6 is 0 Å². The van der Waals surface area contributed by atoms with E-state index in [0.29, 0.717) is 13.0 Å². The fraction of sp³-hybridized carbons (Fsp3) is 0.333. The van der Waals surface area contributed by atoms with Crippen molar-refractivity contribution in [1.29, 1.82) is 0 Å². The van der Waals surface area contributed by atoms with Crippen molar-refractivity contribution in [3.63, 3.8) is 0 Å². The second-order valence-electron chi connectivity index (χ2n) is 6.93. The number of imide groups is 1. The molecule has 0 radical (unpaired) electrons. The van der Waals surface area contributed by atoms with Gasteiger partial charge in [0.2, 0.25) is 0 Å². The average Bonchev–Trinajstić information content (AvgIpc) is 2.89. The summed E-state index contributed by atoms with van der Waals surface area (Å²) in [7, 11) is 1.91. The van der Waals surface area contributed by atoms with Gasteiger partial charge >= 0.3 is 6.03 Å². The molecule has 0 spiro atoms. The molecule has 3 rings (SSSR count). The van der Waals surface area contributed by atoms with Crippen molar-refractivity contribution >= 4 is 11.9 Å². The molecule has 1 atom stereocenters. The van der Waals surface area contributed by atoms with Gasteiger partial charge in [0.15, 0.2) is 0 Å². The predicted molar refractivity (Wildman–Crippen MR) is 101 cm³/mol. The van der Waals surface area contributed by atoms with Crippen LogP contribution in [0.3, 0.4) is 0 Å². The van der Waals surface area contributed by atoms with Crippen LogP contribution in [0.5, 0.6) is 0 Å². The lowest BCUT2D eigenvalue weighted by Gasteiger charge is -2.27. The van der Waals surface area contributed by atoms with E-state index in [4.69, 9.17) is 0 Å². The van der Waals surface area contributed by atoms with Crippen molar-refractivity contribution in [3.05, 3.63) is 71.3 Å². The fourth-order valence-electron chi connectivity index (χ4n) is 3.41. The number of aryl methyl sites for hydroxylation is 1. The molecule has 2 aromatic rings. The summed E-state index contributed by atoms with van der Waals surface area (Å²) in [6, 6.07) is 17.4. The normalized spacial score (nSPS) is 19.9. The van der Waals surface area contributed by atoms with Crippen LogP contribution in [-0.2, 0) is 16.9 Å². The van der Waals surface area contributed by atoms with Crippen molar-refractivity contribution in [2.75, 3.05) is 13.7 Å². The second-order valence-corrected chi connectivity index (χ2v) is 6.93. The van der Waals surface area contributed by atoms with Gasteiger partial charge in [-0.3, -0.25) is 9.69 Å². The van der Waals surface area contributed by atoms with E-state index in [1.807, 2.05) is 49.2 Å². The Morgan fingerprint density at radius 1 is 1.04 bits per heavy atom. The summed E-state index contributed by atoms with van der Waals surface area (Å²) in [6.07, 6.45) is 0.514. The highest BCUT2D eigenvalue weighted by atomic mass is 16.2. The van der Waals surface area contributed by atoms with Gasteiger partial charge in [-0.1, -0.05) is 67.1 Å². The molecular formula is C21H25N3O2. The molecule has 2 aromatic carbocycles. The highest BCUT2D eigenvalue weighted by molar-refractivity contribution is 6.07. The second kappa shape index (κ2) is 7.30. The van der Waals surface area contributed by atoms with Crippen LogP contribution in [-0.4, -0.2) is 35.5 Å². The van der Waals surface area contributed by atoms with Gasteiger partial charge in [0.05, 0.1) is 6.67 Å². The summed E-state index contributed by atoms with van der Waals surface area (Å²) in [5.41, 5.74) is 2.21. The Labute approximate surface area is 154 Å². The summed E-state index contributed by atoms with van der Waals surface area (Å²) < 4.78 is 0. The summed E-state index contributed by atoms with van der Waals surface area (Å²) >= 11 is 0. The Kier molecular flexibility index (Phi) is 5.09. The number of hydrogen-bond donors (Lipinski definition) is 1. The van der Waals surface area contributed by atoms with Gasteiger partial charge in [-0.15, -0.1) is 0 Å². The summed E-state index contributed by atoms with van der Waals surface area (Å²) in [5.74, 6) is -0.188. The minimum atomic E-state index is -0.969. The molecule has 1 N–H and O–H groups in total. The fourth-order valence-corrected chi connectivity index (χ4v) is 3.41. The lowest BCUT2D eigenvalue weighted by molar-refractivity contribution is -0.133. The van der Waals surface area contributed by atoms with E-state index in [1.54, 1.807) is 0 Å². The zero-order chi connectivity index (χ0) is 18.7. The Morgan fingerprint density at radius 2 is 1.69 bits per heavy atom. The van der Waals surface area contributed by atoms with Gasteiger partial charge in [0.1, 0.15) is 5.54 Å². The van der Waals surface area contributed by atoms with Crippen molar-refractivity contribution in [1.82, 2.24) is 15.1 Å². The SMILES string of the molecule is CC[C@@]1(c2ccccc2)NC(=O)N(CN(C)Cc2ccc(C)cc2)C1=O. The van der Waals surface area contributed by atoms with Crippen LogP contribution in [0.25, 0.3) is 0 Å². The first-order chi connectivity index (χ1) is 12.5. The van der Waals surface area contributed by atoms with Crippen LogP contribution in [0.1, 0.15) is 30.0 Å². The maximum atomic E-state index is 13.1. The molecule has 3 amide bonds. The van der Waals surface area contributed by atoms with Crippen LogP contribution < -0.4 is 5.32 Å². The molecule has 0 saturated carbocycles. The molecule has 1 saturated heterocycles. The lowest BCUT2D eigenvalue weighted by Crippen LogP contribution is -2.44. The third-order valence-electron chi connectivity index (χ3n) is 4.93. The van der Waals surface area contributed by atoms with Crippen molar-refractivity contribution < 1.29 is 9.59 Å². The van der Waals surface area contributed by atoms with Gasteiger partial charge in [0, 0.05) is 6.54 Å². The summed E-state index contributed by atoms with van der Waals surface area (Å²) in [4.78, 5) is 28.9. The molecule has 0 aromatic heterocycles. The van der Waals surface area contributed by atoms with Crippen LogP contribution in [0.15, 0.2) is 54.6 Å². The Hall–Kier alpha value is -2.66. The minimum absolute atomic E-state index is 0.188. The van der Waals surface area contributed by atoms with Crippen LogP contribution in [0, 0.1) is 6.92 Å². The van der Waals surface area contributed by atoms with E-state index in [-0.39, 0.29) is 18.6 Å². The first-order valence-electron chi connectivity index (χ1n) is 8.90. The number of nitrogens with zero attached hydrogens (tertiary/aromatic N) is 2. The molecule has 0 aliphatic carbocycles. The predicted octanol–water partition coefficient (Wildman–Crippen LogP) is 3.24. The Morgan fingerprint density at radius 3 is 2.31 bits per heavy atom. The maximum Gasteiger partial charge on any atom is 0.326 e. The Balaban J connectivity index is 1.75. The van der Waals surface area contributed by atoms with Gasteiger partial charge < -0.3 is 5.32 Å². The smallest absolute Gasteiger partial charge is 0.319 e. The number of carbonyl (C=O) groups excluding carboxylic acids is 2. The molecule has 1 aliphatic heterocycles. The van der Waals surface area contributed by atoms with Gasteiger partial charge in [0.25, 0.3) is 5.91 Å². The van der Waals surface area contributed by atoms with E-state index in [0.717, 1.165) is 11.1 Å². The zero-order valence-corrected chi connectivity index (χ0v) is 15.5. The van der Waals surface area contributed by atoms with E-state index in [2.05, 4.69) is 36.5 Å². The first kappa shape index (κ1) is 18.1. The zero-order valence-electron chi connectivity index (χ0n) is 15.5. The van der Waals surface area contributed by atoms with Crippen LogP contribution in [0.4, 0.5) is 4.79 Å². The summed E-state index contributed by atoms with van der Waals surface area (Å²) in [6.45, 7) is 4.90. The molecular weight excluding hydrogens is 326 g/mol. The number of amides is 3. The van der Waals surface area contributed by atoms with E-state index < -0.39 is 5.54 Å². The molecule has 5 heteroatoms. The molecule has 1 aliphatic rings. The number of urea groups is 1. The van der Waals surface area contributed by atoms with Crippen molar-refractivity contribution in [3.8, 4) is 0 Å². The number of hydrogen-bond acceptors (Lipinski definition) is 3. The third-order valence-corrected chi connectivity index (χ3v) is 4.93. The molecule has 1 fully saturated rings. The number of carbonyl (C=O) groups is 2. The quantitative estimate of drug-likeness (QED) is 0.813. The van der Waals surface area contributed by atoms with Gasteiger partial charge in [-0.05, 0) is 31.5 Å². The molecule has 136 valence electrons. The largest absolute Gasteiger partial charge is 0.326 e. The molecule has 1 heterocycles. The molecule has 0 bridgehead atoms. The topological polar surface area (TPSA) is 52.7 Å². The highest BCUT2D eigenvalue weighted by Gasteiger charge is 2.51. The number of rotatable bonds is 6. The van der Waals surface area contributed by atoms with E-state index >= 15 is 0 Å². The minimum Gasteiger partial charge on any atom is -0.319 e. The molecule has 5 nitrogen and oxygen atoms in total. The maximum absolute atomic E-state index is 13.1.